The van der Waals surface area contributed by atoms with Crippen molar-refractivity contribution >= 4 is 5.91 Å². The van der Waals surface area contributed by atoms with Crippen molar-refractivity contribution < 1.29 is 4.79 Å². The smallest absolute Gasteiger partial charge is 0.253 e. The Bertz CT molecular complexity index is 658. The van der Waals surface area contributed by atoms with Crippen molar-refractivity contribution in [1.29, 1.82) is 0 Å². The van der Waals surface area contributed by atoms with Crippen molar-refractivity contribution in [3.63, 3.8) is 0 Å². The Labute approximate surface area is 137 Å². The molecule has 1 aliphatic rings. The number of amides is 1. The van der Waals surface area contributed by atoms with E-state index in [1.807, 2.05) is 35.6 Å². The van der Waals surface area contributed by atoms with E-state index in [-0.39, 0.29) is 5.91 Å². The van der Waals surface area contributed by atoms with Crippen LogP contribution in [0, 0.1) is 13.8 Å². The minimum atomic E-state index is 0.155. The highest BCUT2D eigenvalue weighted by Gasteiger charge is 2.22. The summed E-state index contributed by atoms with van der Waals surface area (Å²) in [5.74, 6) is 0.155. The molecule has 1 aromatic carbocycles. The largest absolute Gasteiger partial charge is 0.336 e. The van der Waals surface area contributed by atoms with E-state index in [1.165, 1.54) is 11.1 Å². The van der Waals surface area contributed by atoms with Crippen LogP contribution in [0.1, 0.15) is 21.5 Å². The van der Waals surface area contributed by atoms with Gasteiger partial charge in [-0.1, -0.05) is 6.07 Å². The van der Waals surface area contributed by atoms with Crippen LogP contribution in [0.4, 0.5) is 0 Å². The number of aryl methyl sites for hydroxylation is 2. The monoisotopic (exact) mass is 312 g/mol. The quantitative estimate of drug-likeness (QED) is 0.866. The zero-order valence-electron chi connectivity index (χ0n) is 13.9. The lowest BCUT2D eigenvalue weighted by Crippen LogP contribution is -2.49. The van der Waals surface area contributed by atoms with Crippen LogP contribution in [0.25, 0.3) is 0 Å². The van der Waals surface area contributed by atoms with Crippen LogP contribution >= 0.6 is 0 Å². The lowest BCUT2D eigenvalue weighted by Gasteiger charge is -2.34. The summed E-state index contributed by atoms with van der Waals surface area (Å²) in [6.07, 6.45) is 5.64. The first kappa shape index (κ1) is 15.7. The number of aromatic nitrogens is 2. The number of carbonyl (C=O) groups excluding carboxylic acids is 1. The van der Waals surface area contributed by atoms with Gasteiger partial charge >= 0.3 is 0 Å². The number of rotatable bonds is 4. The Morgan fingerprint density at radius 3 is 2.52 bits per heavy atom. The van der Waals surface area contributed by atoms with Gasteiger partial charge in [0.15, 0.2) is 0 Å². The third-order valence-corrected chi connectivity index (χ3v) is 4.65. The van der Waals surface area contributed by atoms with Gasteiger partial charge in [0.2, 0.25) is 0 Å². The third-order valence-electron chi connectivity index (χ3n) is 4.65. The predicted molar refractivity (Wildman–Crippen MR) is 90.5 cm³/mol. The van der Waals surface area contributed by atoms with Crippen LogP contribution in [0.2, 0.25) is 0 Å². The minimum Gasteiger partial charge on any atom is -0.336 e. The third kappa shape index (κ3) is 3.79. The van der Waals surface area contributed by atoms with Crippen molar-refractivity contribution in [2.75, 3.05) is 32.7 Å². The highest BCUT2D eigenvalue weighted by molar-refractivity contribution is 5.94. The Morgan fingerprint density at radius 2 is 1.87 bits per heavy atom. The molecular weight excluding hydrogens is 288 g/mol. The van der Waals surface area contributed by atoms with E-state index >= 15 is 0 Å². The van der Waals surface area contributed by atoms with Gasteiger partial charge in [0.25, 0.3) is 5.91 Å². The Balaban J connectivity index is 1.51. The number of hydrogen-bond acceptors (Lipinski definition) is 3. The van der Waals surface area contributed by atoms with Crippen LogP contribution in [-0.2, 0) is 6.54 Å². The Morgan fingerprint density at radius 1 is 1.09 bits per heavy atom. The average Bonchev–Trinajstić information content (AvgIpc) is 3.09. The number of nitrogens with zero attached hydrogens (tertiary/aromatic N) is 4. The van der Waals surface area contributed by atoms with E-state index in [9.17, 15) is 4.79 Å². The molecule has 5 nitrogen and oxygen atoms in total. The molecular formula is C18H24N4O. The van der Waals surface area contributed by atoms with Gasteiger partial charge in [0.05, 0.1) is 6.33 Å². The lowest BCUT2D eigenvalue weighted by atomic mass is 10.1. The number of imidazole rings is 1. The lowest BCUT2D eigenvalue weighted by molar-refractivity contribution is 0.0633. The van der Waals surface area contributed by atoms with Crippen molar-refractivity contribution in [2.24, 2.45) is 0 Å². The molecule has 122 valence electrons. The molecule has 1 aromatic heterocycles. The van der Waals surface area contributed by atoms with Gasteiger partial charge in [0, 0.05) is 57.2 Å². The van der Waals surface area contributed by atoms with E-state index in [1.54, 1.807) is 6.20 Å². The highest BCUT2D eigenvalue weighted by atomic mass is 16.2. The minimum absolute atomic E-state index is 0.155. The van der Waals surface area contributed by atoms with Gasteiger partial charge in [-0.25, -0.2) is 4.98 Å². The molecule has 0 aliphatic carbocycles. The maximum absolute atomic E-state index is 12.6. The van der Waals surface area contributed by atoms with Gasteiger partial charge in [0.1, 0.15) is 0 Å². The first-order chi connectivity index (χ1) is 11.1. The summed E-state index contributed by atoms with van der Waals surface area (Å²) in [6.45, 7) is 9.55. The molecule has 2 aromatic rings. The predicted octanol–water partition coefficient (Wildman–Crippen LogP) is 1.96. The number of piperazine rings is 1. The van der Waals surface area contributed by atoms with Gasteiger partial charge in [-0.15, -0.1) is 0 Å². The second-order valence-electron chi connectivity index (χ2n) is 6.23. The summed E-state index contributed by atoms with van der Waals surface area (Å²) >= 11 is 0. The Kier molecular flexibility index (Phi) is 4.76. The van der Waals surface area contributed by atoms with Gasteiger partial charge in [-0.2, -0.15) is 0 Å². The van der Waals surface area contributed by atoms with E-state index < -0.39 is 0 Å². The molecule has 3 rings (SSSR count). The number of hydrogen-bond donors (Lipinski definition) is 0. The summed E-state index contributed by atoms with van der Waals surface area (Å²) < 4.78 is 2.09. The molecule has 0 spiro atoms. The van der Waals surface area contributed by atoms with Crippen LogP contribution in [0.5, 0.6) is 0 Å². The molecule has 0 N–H and O–H groups in total. The molecule has 0 bridgehead atoms. The normalized spacial score (nSPS) is 15.8. The Hall–Kier alpha value is -2.14. The van der Waals surface area contributed by atoms with E-state index in [2.05, 4.69) is 28.3 Å². The number of benzene rings is 1. The molecule has 1 aliphatic heterocycles. The molecule has 23 heavy (non-hydrogen) atoms. The van der Waals surface area contributed by atoms with E-state index in [0.717, 1.165) is 44.8 Å². The fourth-order valence-corrected chi connectivity index (χ4v) is 2.91. The molecule has 2 heterocycles. The van der Waals surface area contributed by atoms with Gasteiger partial charge < -0.3 is 9.47 Å². The number of carbonyl (C=O) groups is 1. The SMILES string of the molecule is Cc1ccc(C(=O)N2CCN(CCn3ccnc3)CC2)cc1C. The molecule has 0 radical (unpaired) electrons. The van der Waals surface area contributed by atoms with E-state index in [4.69, 9.17) is 0 Å². The molecule has 1 fully saturated rings. The summed E-state index contributed by atoms with van der Waals surface area (Å²) in [4.78, 5) is 21.0. The standard InChI is InChI=1S/C18H24N4O/c1-15-3-4-17(13-16(15)2)18(23)22-11-9-20(10-12-22)7-8-21-6-5-19-14-21/h3-6,13-14H,7-12H2,1-2H3. The molecule has 1 saturated heterocycles. The van der Waals surface area contributed by atoms with Crippen LogP contribution in [0.3, 0.4) is 0 Å². The van der Waals surface area contributed by atoms with Gasteiger partial charge in [-0.3, -0.25) is 9.69 Å². The zero-order chi connectivity index (χ0) is 16.2. The molecule has 0 atom stereocenters. The second kappa shape index (κ2) is 6.96. The van der Waals surface area contributed by atoms with Crippen molar-refractivity contribution in [3.05, 3.63) is 53.6 Å². The summed E-state index contributed by atoms with van der Waals surface area (Å²) in [5, 5.41) is 0. The van der Waals surface area contributed by atoms with Crippen LogP contribution < -0.4 is 0 Å². The van der Waals surface area contributed by atoms with E-state index in [0.29, 0.717) is 0 Å². The first-order valence-corrected chi connectivity index (χ1v) is 8.18. The zero-order valence-corrected chi connectivity index (χ0v) is 13.9. The average molecular weight is 312 g/mol. The summed E-state index contributed by atoms with van der Waals surface area (Å²) in [6, 6.07) is 5.98. The fraction of sp³-hybridized carbons (Fsp3) is 0.444. The first-order valence-electron chi connectivity index (χ1n) is 8.18. The maximum atomic E-state index is 12.6. The topological polar surface area (TPSA) is 41.4 Å². The van der Waals surface area contributed by atoms with Crippen LogP contribution in [-0.4, -0.2) is 58.0 Å². The highest BCUT2D eigenvalue weighted by Crippen LogP contribution is 2.13. The summed E-state index contributed by atoms with van der Waals surface area (Å²) in [5.41, 5.74) is 3.21. The molecule has 0 saturated carbocycles. The molecule has 1 amide bonds. The van der Waals surface area contributed by atoms with Gasteiger partial charge in [-0.05, 0) is 37.1 Å². The fourth-order valence-electron chi connectivity index (χ4n) is 2.91. The van der Waals surface area contributed by atoms with Crippen molar-refractivity contribution in [1.82, 2.24) is 19.4 Å². The van der Waals surface area contributed by atoms with Crippen LogP contribution in [0.15, 0.2) is 36.9 Å². The summed E-state index contributed by atoms with van der Waals surface area (Å²) in [7, 11) is 0. The maximum Gasteiger partial charge on any atom is 0.253 e. The molecule has 0 unspecified atom stereocenters. The van der Waals surface area contributed by atoms with Crippen molar-refractivity contribution in [3.8, 4) is 0 Å². The molecule has 5 heteroatoms. The van der Waals surface area contributed by atoms with Crippen molar-refractivity contribution in [2.45, 2.75) is 20.4 Å². The second-order valence-corrected chi connectivity index (χ2v) is 6.23.